The zero-order valence-electron chi connectivity index (χ0n) is 17.7. The van der Waals surface area contributed by atoms with Gasteiger partial charge in [0.25, 0.3) is 0 Å². The van der Waals surface area contributed by atoms with Crippen molar-refractivity contribution in [1.29, 1.82) is 0 Å². The molecule has 0 unspecified atom stereocenters. The Kier molecular flexibility index (Phi) is 6.91. The topological polar surface area (TPSA) is 62.1 Å². The van der Waals surface area contributed by atoms with Crippen molar-refractivity contribution in [3.05, 3.63) is 71.9 Å². The van der Waals surface area contributed by atoms with E-state index in [1.165, 1.54) is 0 Å². The zero-order valence-corrected chi connectivity index (χ0v) is 17.7. The van der Waals surface area contributed by atoms with E-state index in [0.717, 1.165) is 34.0 Å². The number of oxime groups is 1. The van der Waals surface area contributed by atoms with Crippen molar-refractivity contribution >= 4 is 11.7 Å². The fourth-order valence-corrected chi connectivity index (χ4v) is 3.29. The molecule has 0 saturated heterocycles. The zero-order chi connectivity index (χ0) is 21.5. The minimum absolute atomic E-state index is 0.213. The number of carbonyl (C=O) groups is 1. The highest BCUT2D eigenvalue weighted by atomic mass is 16.7. The minimum atomic E-state index is -0.438. The van der Waals surface area contributed by atoms with Gasteiger partial charge in [0.15, 0.2) is 0 Å². The second-order valence-corrected chi connectivity index (χ2v) is 6.68. The van der Waals surface area contributed by atoms with Crippen molar-refractivity contribution in [2.75, 3.05) is 20.3 Å². The molecule has 0 aliphatic heterocycles. The van der Waals surface area contributed by atoms with Gasteiger partial charge in [0.1, 0.15) is 5.75 Å². The second-order valence-electron chi connectivity index (χ2n) is 6.68. The normalized spacial score (nSPS) is 11.3. The van der Waals surface area contributed by atoms with Crippen LogP contribution in [-0.4, -0.2) is 36.6 Å². The SMILES string of the molecule is CCOC(=O)CO/N=C(\C)c1cc(-c2ccc(OC)cc2)n(-c2ccccc2)c1C. The molecule has 0 spiro atoms. The molecule has 0 bridgehead atoms. The number of benzene rings is 2. The van der Waals surface area contributed by atoms with Gasteiger partial charge in [-0.15, -0.1) is 0 Å². The molecule has 0 saturated carbocycles. The highest BCUT2D eigenvalue weighted by molar-refractivity contribution is 6.01. The summed E-state index contributed by atoms with van der Waals surface area (Å²) in [4.78, 5) is 16.7. The quantitative estimate of drug-likeness (QED) is 0.307. The monoisotopic (exact) mass is 406 g/mol. The summed E-state index contributed by atoms with van der Waals surface area (Å²) in [7, 11) is 1.65. The number of methoxy groups -OCH3 is 1. The first-order valence-corrected chi connectivity index (χ1v) is 9.80. The molecule has 0 aliphatic carbocycles. The van der Waals surface area contributed by atoms with Gasteiger partial charge in [-0.25, -0.2) is 4.79 Å². The van der Waals surface area contributed by atoms with Crippen LogP contribution < -0.4 is 4.74 Å². The number of esters is 1. The number of para-hydroxylation sites is 1. The molecule has 0 atom stereocenters. The first-order valence-electron chi connectivity index (χ1n) is 9.80. The summed E-state index contributed by atoms with van der Waals surface area (Å²) in [5.74, 6) is 0.366. The van der Waals surface area contributed by atoms with Gasteiger partial charge in [-0.1, -0.05) is 23.4 Å². The van der Waals surface area contributed by atoms with Crippen molar-refractivity contribution in [3.8, 4) is 22.7 Å². The molecular weight excluding hydrogens is 380 g/mol. The van der Waals surface area contributed by atoms with Crippen LogP contribution in [0, 0.1) is 6.92 Å². The van der Waals surface area contributed by atoms with E-state index in [1.807, 2.05) is 56.3 Å². The van der Waals surface area contributed by atoms with Crippen molar-refractivity contribution in [2.45, 2.75) is 20.8 Å². The third kappa shape index (κ3) is 4.71. The van der Waals surface area contributed by atoms with E-state index in [9.17, 15) is 4.79 Å². The van der Waals surface area contributed by atoms with Gasteiger partial charge in [0.05, 0.1) is 25.1 Å². The van der Waals surface area contributed by atoms with Crippen molar-refractivity contribution in [3.63, 3.8) is 0 Å². The number of nitrogens with zero attached hydrogens (tertiary/aromatic N) is 2. The lowest BCUT2D eigenvalue weighted by molar-refractivity contribution is -0.148. The van der Waals surface area contributed by atoms with Crippen LogP contribution >= 0.6 is 0 Å². The molecule has 0 fully saturated rings. The molecule has 3 aromatic rings. The maximum Gasteiger partial charge on any atom is 0.347 e. The van der Waals surface area contributed by atoms with E-state index >= 15 is 0 Å². The minimum Gasteiger partial charge on any atom is -0.497 e. The number of aromatic nitrogens is 1. The lowest BCUT2D eigenvalue weighted by Gasteiger charge is -2.12. The second kappa shape index (κ2) is 9.78. The summed E-state index contributed by atoms with van der Waals surface area (Å²) >= 11 is 0. The molecule has 6 heteroatoms. The summed E-state index contributed by atoms with van der Waals surface area (Å²) in [6.07, 6.45) is 0. The number of rotatable bonds is 8. The van der Waals surface area contributed by atoms with E-state index in [0.29, 0.717) is 12.3 Å². The largest absolute Gasteiger partial charge is 0.497 e. The molecule has 30 heavy (non-hydrogen) atoms. The maximum absolute atomic E-state index is 11.5. The van der Waals surface area contributed by atoms with Gasteiger partial charge in [0, 0.05) is 16.9 Å². The van der Waals surface area contributed by atoms with Crippen molar-refractivity contribution < 1.29 is 19.1 Å². The lowest BCUT2D eigenvalue weighted by Crippen LogP contribution is -2.11. The van der Waals surface area contributed by atoms with E-state index in [2.05, 4.69) is 27.9 Å². The molecular formula is C24H26N2O4. The van der Waals surface area contributed by atoms with E-state index in [-0.39, 0.29) is 6.61 Å². The Bertz CT molecular complexity index is 1020. The number of ether oxygens (including phenoxy) is 2. The highest BCUT2D eigenvalue weighted by Crippen LogP contribution is 2.31. The van der Waals surface area contributed by atoms with E-state index in [4.69, 9.17) is 14.3 Å². The standard InChI is InChI=1S/C24H26N2O4/c1-5-29-24(27)16-30-25-17(2)22-15-23(19-11-13-21(28-4)14-12-19)26(18(22)3)20-9-7-6-8-10-20/h6-15H,5,16H2,1-4H3/b25-17+. The molecule has 3 rings (SSSR count). The molecule has 1 heterocycles. The van der Waals surface area contributed by atoms with Gasteiger partial charge in [-0.2, -0.15) is 0 Å². The van der Waals surface area contributed by atoms with Crippen LogP contribution in [0.5, 0.6) is 5.75 Å². The smallest absolute Gasteiger partial charge is 0.347 e. The predicted octanol–water partition coefficient (Wildman–Crippen LogP) is 4.77. The van der Waals surface area contributed by atoms with Gasteiger partial charge in [0.2, 0.25) is 6.61 Å². The Labute approximate surface area is 176 Å². The Balaban J connectivity index is 2.00. The van der Waals surface area contributed by atoms with Gasteiger partial charge >= 0.3 is 5.97 Å². The van der Waals surface area contributed by atoms with Crippen LogP contribution in [0.4, 0.5) is 0 Å². The predicted molar refractivity (Wildman–Crippen MR) is 117 cm³/mol. The molecule has 6 nitrogen and oxygen atoms in total. The van der Waals surface area contributed by atoms with Crippen molar-refractivity contribution in [1.82, 2.24) is 4.57 Å². The maximum atomic E-state index is 11.5. The van der Waals surface area contributed by atoms with E-state index < -0.39 is 5.97 Å². The third-order valence-corrected chi connectivity index (χ3v) is 4.73. The summed E-state index contributed by atoms with van der Waals surface area (Å²) in [5.41, 5.74) is 5.76. The fourth-order valence-electron chi connectivity index (χ4n) is 3.29. The Morgan fingerprint density at radius 3 is 2.40 bits per heavy atom. The van der Waals surface area contributed by atoms with Crippen LogP contribution in [0.25, 0.3) is 16.9 Å². The Morgan fingerprint density at radius 1 is 1.07 bits per heavy atom. The number of hydrogen-bond donors (Lipinski definition) is 0. The summed E-state index contributed by atoms with van der Waals surface area (Å²) < 4.78 is 12.3. The van der Waals surface area contributed by atoms with Gasteiger partial charge in [-0.3, -0.25) is 0 Å². The Hall–Kier alpha value is -3.54. The average Bonchev–Trinajstić information content (AvgIpc) is 3.11. The van der Waals surface area contributed by atoms with Crippen LogP contribution in [0.15, 0.2) is 65.8 Å². The van der Waals surface area contributed by atoms with Crippen LogP contribution in [0.1, 0.15) is 25.1 Å². The van der Waals surface area contributed by atoms with Gasteiger partial charge in [-0.05, 0) is 68.8 Å². The number of hydrogen-bond acceptors (Lipinski definition) is 5. The molecule has 0 aliphatic rings. The van der Waals surface area contributed by atoms with Crippen molar-refractivity contribution in [2.24, 2.45) is 5.16 Å². The molecule has 0 radical (unpaired) electrons. The summed E-state index contributed by atoms with van der Waals surface area (Å²) in [6, 6.07) is 20.2. The molecule has 2 aromatic carbocycles. The summed E-state index contributed by atoms with van der Waals surface area (Å²) in [6.45, 7) is 5.76. The third-order valence-electron chi connectivity index (χ3n) is 4.73. The first-order chi connectivity index (χ1) is 14.5. The first kappa shape index (κ1) is 21.2. The fraction of sp³-hybridized carbons (Fsp3) is 0.250. The molecule has 0 amide bonds. The molecule has 156 valence electrons. The van der Waals surface area contributed by atoms with Crippen LogP contribution in [0.2, 0.25) is 0 Å². The average molecular weight is 406 g/mol. The molecule has 1 aromatic heterocycles. The highest BCUT2D eigenvalue weighted by Gasteiger charge is 2.17. The number of carbonyl (C=O) groups excluding carboxylic acids is 1. The summed E-state index contributed by atoms with van der Waals surface area (Å²) in [5, 5.41) is 4.13. The van der Waals surface area contributed by atoms with E-state index in [1.54, 1.807) is 14.0 Å². The van der Waals surface area contributed by atoms with Crippen LogP contribution in [0.3, 0.4) is 0 Å². The van der Waals surface area contributed by atoms with Gasteiger partial charge < -0.3 is 18.9 Å². The lowest BCUT2D eigenvalue weighted by atomic mass is 10.1. The van der Waals surface area contributed by atoms with Crippen LogP contribution in [-0.2, 0) is 14.4 Å². The molecule has 0 N–H and O–H groups in total. The Morgan fingerprint density at radius 2 is 1.77 bits per heavy atom.